The van der Waals surface area contributed by atoms with Gasteiger partial charge >= 0.3 is 0 Å². The molecular weight excluding hydrogens is 351 g/mol. The molecule has 2 aromatic carbocycles. The lowest BCUT2D eigenvalue weighted by molar-refractivity contribution is -0.122. The zero-order valence-electron chi connectivity index (χ0n) is 17.1. The summed E-state index contributed by atoms with van der Waals surface area (Å²) in [4.78, 5) is 12.8. The molecule has 3 aromatic rings. The minimum Gasteiger partial charge on any atom is -0.353 e. The van der Waals surface area contributed by atoms with Gasteiger partial charge in [-0.15, -0.1) is 0 Å². The summed E-state index contributed by atoms with van der Waals surface area (Å²) in [6.45, 7) is 9.13. The first-order chi connectivity index (χ1) is 13.4. The van der Waals surface area contributed by atoms with Crippen LogP contribution < -0.4 is 5.32 Å². The van der Waals surface area contributed by atoms with Gasteiger partial charge < -0.3 is 9.88 Å². The van der Waals surface area contributed by atoms with E-state index in [0.29, 0.717) is 5.92 Å². The van der Waals surface area contributed by atoms with Crippen LogP contribution in [0, 0.1) is 11.7 Å². The number of fused-ring (bicyclic) bond motifs is 1. The topological polar surface area (TPSA) is 34.0 Å². The zero-order chi connectivity index (χ0) is 20.3. The highest BCUT2D eigenvalue weighted by molar-refractivity contribution is 5.86. The van der Waals surface area contributed by atoms with Crippen LogP contribution in [-0.2, 0) is 11.3 Å². The average molecular weight is 381 g/mol. The van der Waals surface area contributed by atoms with Crippen molar-refractivity contribution in [2.24, 2.45) is 5.92 Å². The molecule has 3 nitrogen and oxygen atoms in total. The van der Waals surface area contributed by atoms with Crippen LogP contribution in [0.15, 0.2) is 54.7 Å². The third-order valence-electron chi connectivity index (χ3n) is 5.56. The Kier molecular flexibility index (Phi) is 6.18. The molecule has 0 fully saturated rings. The number of carbonyl (C=O) groups excluding carboxylic acids is 1. The number of nitrogens with zero attached hydrogens (tertiary/aromatic N) is 1. The highest BCUT2D eigenvalue weighted by Gasteiger charge is 2.24. The number of aryl methyl sites for hydroxylation is 1. The molecule has 0 spiro atoms. The summed E-state index contributed by atoms with van der Waals surface area (Å²) in [5.74, 6) is -0.132. The van der Waals surface area contributed by atoms with Crippen molar-refractivity contribution in [3.63, 3.8) is 0 Å². The van der Waals surface area contributed by atoms with Crippen molar-refractivity contribution < 1.29 is 9.18 Å². The van der Waals surface area contributed by atoms with Crippen molar-refractivity contribution in [1.29, 1.82) is 0 Å². The third-order valence-corrected chi connectivity index (χ3v) is 5.56. The SMILES string of the molecule is CCn1cc([C@H](CC(=O)N[C@@H](C)C(C)C)c2cccc(F)c2)c2ccccc21. The Morgan fingerprint density at radius 1 is 1.11 bits per heavy atom. The van der Waals surface area contributed by atoms with Crippen LogP contribution in [0.4, 0.5) is 4.39 Å². The number of benzene rings is 2. The van der Waals surface area contributed by atoms with Crippen LogP contribution in [0.5, 0.6) is 0 Å². The first-order valence-corrected chi connectivity index (χ1v) is 10.0. The second-order valence-electron chi connectivity index (χ2n) is 7.80. The monoisotopic (exact) mass is 380 g/mol. The first kappa shape index (κ1) is 20.1. The van der Waals surface area contributed by atoms with Gasteiger partial charge in [-0.1, -0.05) is 44.2 Å². The fourth-order valence-corrected chi connectivity index (χ4v) is 3.61. The van der Waals surface area contributed by atoms with Gasteiger partial charge in [0, 0.05) is 42.0 Å². The van der Waals surface area contributed by atoms with E-state index in [9.17, 15) is 9.18 Å². The fourth-order valence-electron chi connectivity index (χ4n) is 3.61. The molecule has 1 aromatic heterocycles. The number of halogens is 1. The Morgan fingerprint density at radius 3 is 2.54 bits per heavy atom. The third kappa shape index (κ3) is 4.27. The summed E-state index contributed by atoms with van der Waals surface area (Å²) < 4.78 is 16.2. The van der Waals surface area contributed by atoms with Crippen molar-refractivity contribution in [1.82, 2.24) is 9.88 Å². The first-order valence-electron chi connectivity index (χ1n) is 10.0. The molecule has 1 N–H and O–H groups in total. The van der Waals surface area contributed by atoms with Crippen molar-refractivity contribution in [2.45, 2.75) is 52.6 Å². The maximum absolute atomic E-state index is 14.0. The number of amides is 1. The van der Waals surface area contributed by atoms with Crippen molar-refractivity contribution in [3.05, 3.63) is 71.7 Å². The molecule has 1 amide bonds. The number of nitrogens with one attached hydrogen (secondary N) is 1. The lowest BCUT2D eigenvalue weighted by Crippen LogP contribution is -2.36. The summed E-state index contributed by atoms with van der Waals surface area (Å²) in [6, 6.07) is 14.9. The Hall–Kier alpha value is -2.62. The van der Waals surface area contributed by atoms with Crippen LogP contribution in [0.25, 0.3) is 10.9 Å². The lowest BCUT2D eigenvalue weighted by Gasteiger charge is -2.21. The van der Waals surface area contributed by atoms with Gasteiger partial charge in [0.05, 0.1) is 0 Å². The Morgan fingerprint density at radius 2 is 1.86 bits per heavy atom. The Bertz CT molecular complexity index is 960. The predicted molar refractivity (Wildman–Crippen MR) is 113 cm³/mol. The van der Waals surface area contributed by atoms with Crippen LogP contribution in [0.1, 0.15) is 51.2 Å². The highest BCUT2D eigenvalue weighted by Crippen LogP contribution is 2.35. The van der Waals surface area contributed by atoms with E-state index in [-0.39, 0.29) is 30.1 Å². The molecule has 0 saturated heterocycles. The van der Waals surface area contributed by atoms with E-state index < -0.39 is 0 Å². The molecule has 0 saturated carbocycles. The second-order valence-corrected chi connectivity index (χ2v) is 7.80. The predicted octanol–water partition coefficient (Wildman–Crippen LogP) is 5.48. The van der Waals surface area contributed by atoms with Gasteiger partial charge in [-0.2, -0.15) is 0 Å². The standard InChI is InChI=1S/C24H29FN2O/c1-5-27-15-22(20-11-6-7-12-23(20)27)21(18-9-8-10-19(25)13-18)14-24(28)26-17(4)16(2)3/h6-13,15-17,21H,5,14H2,1-4H3,(H,26,28)/t17-,21+/m0/s1. The number of aromatic nitrogens is 1. The maximum atomic E-state index is 14.0. The van der Waals surface area contributed by atoms with Crippen LogP contribution >= 0.6 is 0 Å². The van der Waals surface area contributed by atoms with Crippen molar-refractivity contribution in [3.8, 4) is 0 Å². The van der Waals surface area contributed by atoms with Gasteiger partial charge in [-0.05, 0) is 49.1 Å². The van der Waals surface area contributed by atoms with E-state index in [4.69, 9.17) is 0 Å². The van der Waals surface area contributed by atoms with Crippen molar-refractivity contribution in [2.75, 3.05) is 0 Å². The lowest BCUT2D eigenvalue weighted by atomic mass is 9.87. The highest BCUT2D eigenvalue weighted by atomic mass is 19.1. The molecule has 0 bridgehead atoms. The number of hydrogen-bond donors (Lipinski definition) is 1. The summed E-state index contributed by atoms with van der Waals surface area (Å²) in [7, 11) is 0. The Labute approximate surface area is 166 Å². The normalized spacial score (nSPS) is 13.6. The average Bonchev–Trinajstić information content (AvgIpc) is 3.04. The summed E-state index contributed by atoms with van der Waals surface area (Å²) >= 11 is 0. The maximum Gasteiger partial charge on any atom is 0.221 e. The van der Waals surface area contributed by atoms with E-state index >= 15 is 0 Å². The minimum atomic E-state index is -0.280. The largest absolute Gasteiger partial charge is 0.353 e. The van der Waals surface area contributed by atoms with Crippen LogP contribution in [0.2, 0.25) is 0 Å². The number of para-hydroxylation sites is 1. The van der Waals surface area contributed by atoms with Gasteiger partial charge in [0.25, 0.3) is 0 Å². The van der Waals surface area contributed by atoms with Crippen LogP contribution in [-0.4, -0.2) is 16.5 Å². The van der Waals surface area contributed by atoms with Gasteiger partial charge in [-0.25, -0.2) is 4.39 Å². The number of carbonyl (C=O) groups is 1. The van der Waals surface area contributed by atoms with Gasteiger partial charge in [0.15, 0.2) is 0 Å². The second kappa shape index (κ2) is 8.59. The van der Waals surface area contributed by atoms with E-state index in [2.05, 4.69) is 49.0 Å². The van der Waals surface area contributed by atoms with Crippen LogP contribution in [0.3, 0.4) is 0 Å². The molecule has 0 aliphatic heterocycles. The molecule has 4 heteroatoms. The number of hydrogen-bond acceptors (Lipinski definition) is 1. The molecule has 1 heterocycles. The van der Waals surface area contributed by atoms with Gasteiger partial charge in [0.2, 0.25) is 5.91 Å². The molecule has 0 aliphatic rings. The van der Waals surface area contributed by atoms with E-state index in [0.717, 1.165) is 28.6 Å². The molecule has 2 atom stereocenters. The van der Waals surface area contributed by atoms with Crippen molar-refractivity contribution >= 4 is 16.8 Å². The van der Waals surface area contributed by atoms with E-state index in [1.165, 1.54) is 6.07 Å². The molecule has 3 rings (SSSR count). The summed E-state index contributed by atoms with van der Waals surface area (Å²) in [5.41, 5.74) is 3.03. The van der Waals surface area contributed by atoms with Gasteiger partial charge in [-0.3, -0.25) is 4.79 Å². The quantitative estimate of drug-likeness (QED) is 0.578. The molecule has 148 valence electrons. The summed E-state index contributed by atoms with van der Waals surface area (Å²) in [5, 5.41) is 4.21. The molecule has 0 radical (unpaired) electrons. The molecule has 0 unspecified atom stereocenters. The van der Waals surface area contributed by atoms with E-state index in [1.807, 2.05) is 25.1 Å². The van der Waals surface area contributed by atoms with Gasteiger partial charge in [0.1, 0.15) is 5.82 Å². The molecule has 28 heavy (non-hydrogen) atoms. The van der Waals surface area contributed by atoms with E-state index in [1.54, 1.807) is 12.1 Å². The fraction of sp³-hybridized carbons (Fsp3) is 0.375. The minimum absolute atomic E-state index is 0.0104. The summed E-state index contributed by atoms with van der Waals surface area (Å²) in [6.07, 6.45) is 2.40. The smallest absolute Gasteiger partial charge is 0.221 e. The Balaban J connectivity index is 2.04. The number of rotatable bonds is 7. The molecule has 0 aliphatic carbocycles. The zero-order valence-corrected chi connectivity index (χ0v) is 17.1. The molecular formula is C24H29FN2O.